The van der Waals surface area contributed by atoms with E-state index < -0.39 is 11.6 Å². The Bertz CT molecular complexity index is 1120. The fraction of sp³-hybridized carbons (Fsp3) is 0.100. The molecular weight excluding hydrogens is 371 g/mol. The molecule has 0 bridgehead atoms. The van der Waals surface area contributed by atoms with Gasteiger partial charge in [0.2, 0.25) is 0 Å². The quantitative estimate of drug-likeness (QED) is 0.307. The van der Waals surface area contributed by atoms with Crippen LogP contribution < -0.4 is 10.3 Å². The van der Waals surface area contributed by atoms with E-state index in [1.807, 2.05) is 25.1 Å². The Kier molecular flexibility index (Phi) is 4.61. The van der Waals surface area contributed by atoms with E-state index in [9.17, 15) is 20.2 Å². The summed E-state index contributed by atoms with van der Waals surface area (Å²) in [4.78, 5) is 11.8. The summed E-state index contributed by atoms with van der Waals surface area (Å²) in [5.41, 5.74) is 4.03. The van der Waals surface area contributed by atoms with Crippen LogP contribution >= 0.6 is 0 Å². The lowest BCUT2D eigenvalue weighted by atomic mass is 9.64. The predicted molar refractivity (Wildman–Crippen MR) is 111 cm³/mol. The van der Waals surface area contributed by atoms with Gasteiger partial charge in [0.05, 0.1) is 16.3 Å². The smallest absolute Gasteiger partial charge is 0.371 e. The van der Waals surface area contributed by atoms with Crippen molar-refractivity contribution >= 4 is 34.9 Å². The summed E-state index contributed by atoms with van der Waals surface area (Å²) in [5.74, 6) is 0. The Morgan fingerprint density at radius 1 is 1.03 bits per heavy atom. The predicted octanol–water partition coefficient (Wildman–Crippen LogP) is 3.47. The zero-order valence-electron chi connectivity index (χ0n) is 15.6. The lowest BCUT2D eigenvalue weighted by molar-refractivity contribution is -0.384. The van der Waals surface area contributed by atoms with Gasteiger partial charge in [-0.3, -0.25) is 10.1 Å². The number of nitro benzene ring substituents is 1. The van der Waals surface area contributed by atoms with Crippen LogP contribution in [0.5, 0.6) is 0 Å². The average molecular weight is 389 g/mol. The molecular formula is C20H18BN4O4-. The molecule has 0 fully saturated rings. The molecule has 8 nitrogen and oxygen atoms in total. The second-order valence-electron chi connectivity index (χ2n) is 7.00. The first-order chi connectivity index (χ1) is 13.9. The minimum atomic E-state index is -2.82. The van der Waals surface area contributed by atoms with Crippen LogP contribution in [0.15, 0.2) is 77.0 Å². The molecule has 0 aromatic heterocycles. The van der Waals surface area contributed by atoms with Crippen LogP contribution in [0.3, 0.4) is 0 Å². The molecule has 146 valence electrons. The number of azo groups is 1. The summed E-state index contributed by atoms with van der Waals surface area (Å²) in [6, 6.07) is 18.5. The largest absolute Gasteiger partial charge is 0.561 e. The molecule has 1 aliphatic heterocycles. The van der Waals surface area contributed by atoms with E-state index in [1.54, 1.807) is 29.1 Å². The van der Waals surface area contributed by atoms with Gasteiger partial charge < -0.3 is 14.9 Å². The molecule has 1 heterocycles. The molecule has 29 heavy (non-hydrogen) atoms. The highest BCUT2D eigenvalue weighted by molar-refractivity contribution is 6.83. The second-order valence-corrected chi connectivity index (χ2v) is 7.00. The van der Waals surface area contributed by atoms with Crippen molar-refractivity contribution in [1.82, 2.24) is 0 Å². The first kappa shape index (κ1) is 18.8. The molecule has 0 spiro atoms. The van der Waals surface area contributed by atoms with Gasteiger partial charge >= 0.3 is 6.69 Å². The summed E-state index contributed by atoms with van der Waals surface area (Å²) in [7, 11) is 0. The number of hydrogen-bond acceptors (Lipinski definition) is 7. The topological polar surface area (TPSA) is 112 Å². The maximum atomic E-state index is 10.7. The lowest BCUT2D eigenvalue weighted by Crippen LogP contribution is -2.58. The van der Waals surface area contributed by atoms with Crippen molar-refractivity contribution < 1.29 is 15.0 Å². The number of rotatable bonds is 4. The number of anilines is 1. The van der Waals surface area contributed by atoms with Gasteiger partial charge in [0, 0.05) is 24.4 Å². The second kappa shape index (κ2) is 7.12. The third kappa shape index (κ3) is 3.48. The monoisotopic (exact) mass is 389 g/mol. The molecule has 0 amide bonds. The average Bonchev–Trinajstić information content (AvgIpc) is 2.98. The van der Waals surface area contributed by atoms with E-state index in [0.717, 1.165) is 11.1 Å². The molecule has 3 aromatic carbocycles. The van der Waals surface area contributed by atoms with Crippen LogP contribution in [0.1, 0.15) is 11.1 Å². The summed E-state index contributed by atoms with van der Waals surface area (Å²) in [5, 5.41) is 40.4. The fourth-order valence-electron chi connectivity index (χ4n) is 3.52. The van der Waals surface area contributed by atoms with Crippen molar-refractivity contribution in [2.24, 2.45) is 10.2 Å². The highest BCUT2D eigenvalue weighted by Gasteiger charge is 2.37. The number of non-ortho nitro benzene ring substituents is 1. The maximum absolute atomic E-state index is 10.7. The van der Waals surface area contributed by atoms with Crippen LogP contribution in [0.2, 0.25) is 0 Å². The molecule has 9 heteroatoms. The van der Waals surface area contributed by atoms with Gasteiger partial charge in [-0.05, 0) is 42.8 Å². The van der Waals surface area contributed by atoms with Crippen LogP contribution in [-0.4, -0.2) is 21.7 Å². The zero-order valence-corrected chi connectivity index (χ0v) is 15.6. The van der Waals surface area contributed by atoms with Crippen molar-refractivity contribution in [2.75, 3.05) is 4.81 Å². The minimum absolute atomic E-state index is 0.00513. The Morgan fingerprint density at radius 3 is 2.41 bits per heavy atom. The van der Waals surface area contributed by atoms with E-state index in [-0.39, 0.29) is 5.69 Å². The maximum Gasteiger partial charge on any atom is 0.371 e. The summed E-state index contributed by atoms with van der Waals surface area (Å²) in [6.45, 7) is -0.553. The highest BCUT2D eigenvalue weighted by atomic mass is 16.6. The molecule has 4 rings (SSSR count). The number of nitrogens with zero attached hydrogens (tertiary/aromatic N) is 4. The normalized spacial score (nSPS) is 14.9. The molecule has 0 aliphatic carbocycles. The molecule has 0 atom stereocenters. The number of benzene rings is 3. The van der Waals surface area contributed by atoms with E-state index in [1.165, 1.54) is 24.3 Å². The SMILES string of the molecule is Cc1cc(N2Cc3ccccc3[B-]2(O)O)ccc1N=Nc1ccc([N+](=O)[O-])cc1. The van der Waals surface area contributed by atoms with Crippen molar-refractivity contribution in [3.05, 3.63) is 88.0 Å². The van der Waals surface area contributed by atoms with E-state index in [0.29, 0.717) is 29.1 Å². The summed E-state index contributed by atoms with van der Waals surface area (Å²) in [6.07, 6.45) is 0. The van der Waals surface area contributed by atoms with Crippen molar-refractivity contribution in [1.29, 1.82) is 0 Å². The van der Waals surface area contributed by atoms with Crippen LogP contribution in [0, 0.1) is 17.0 Å². The van der Waals surface area contributed by atoms with Crippen molar-refractivity contribution in [2.45, 2.75) is 13.5 Å². The fourth-order valence-corrected chi connectivity index (χ4v) is 3.52. The minimum Gasteiger partial charge on any atom is -0.561 e. The molecule has 0 saturated carbocycles. The Morgan fingerprint density at radius 2 is 1.76 bits per heavy atom. The Labute approximate surface area is 166 Å². The first-order valence-corrected chi connectivity index (χ1v) is 9.08. The van der Waals surface area contributed by atoms with Gasteiger partial charge in [-0.15, -0.1) is 5.46 Å². The molecule has 3 aromatic rings. The molecule has 1 aliphatic rings. The zero-order chi connectivity index (χ0) is 20.6. The van der Waals surface area contributed by atoms with E-state index >= 15 is 0 Å². The van der Waals surface area contributed by atoms with E-state index in [4.69, 9.17) is 0 Å². The molecule has 0 unspecified atom stereocenters. The third-order valence-electron chi connectivity index (χ3n) is 5.09. The van der Waals surface area contributed by atoms with Crippen molar-refractivity contribution in [3.8, 4) is 0 Å². The summed E-state index contributed by atoms with van der Waals surface area (Å²) >= 11 is 0. The standard InChI is InChI=1S/C20H18BN4O4/c1-14-12-18(24-13-15-4-2-3-5-19(15)21(24,26)27)10-11-20(14)23-22-16-6-8-17(9-7-16)25(28)29/h2-12,26-27H,13H2,1H3/q-1. The number of hydrogen-bond donors (Lipinski definition) is 2. The lowest BCUT2D eigenvalue weighted by Gasteiger charge is -2.38. The summed E-state index contributed by atoms with van der Waals surface area (Å²) < 4.78 is 0. The van der Waals surface area contributed by atoms with Crippen LogP contribution in [0.4, 0.5) is 22.7 Å². The van der Waals surface area contributed by atoms with Crippen molar-refractivity contribution in [3.63, 3.8) is 0 Å². The van der Waals surface area contributed by atoms with Gasteiger partial charge in [-0.25, -0.2) is 0 Å². The van der Waals surface area contributed by atoms with Gasteiger partial charge in [-0.1, -0.05) is 29.8 Å². The highest BCUT2D eigenvalue weighted by Crippen LogP contribution is 2.31. The van der Waals surface area contributed by atoms with Gasteiger partial charge in [0.1, 0.15) is 0 Å². The molecule has 2 N–H and O–H groups in total. The number of fused-ring (bicyclic) bond motifs is 1. The van der Waals surface area contributed by atoms with E-state index in [2.05, 4.69) is 10.2 Å². The number of aryl methyl sites for hydroxylation is 1. The first-order valence-electron chi connectivity index (χ1n) is 9.08. The Balaban J connectivity index is 1.57. The third-order valence-corrected chi connectivity index (χ3v) is 5.09. The number of nitro groups is 1. The Hall–Kier alpha value is -3.56. The molecule has 0 radical (unpaired) electrons. The molecule has 0 saturated heterocycles. The van der Waals surface area contributed by atoms with Gasteiger partial charge in [-0.2, -0.15) is 10.2 Å². The van der Waals surface area contributed by atoms with Gasteiger partial charge in [0.25, 0.3) is 5.69 Å². The van der Waals surface area contributed by atoms with Gasteiger partial charge in [0.15, 0.2) is 0 Å². The van der Waals surface area contributed by atoms with Crippen LogP contribution in [0.25, 0.3) is 0 Å². The van der Waals surface area contributed by atoms with Crippen LogP contribution in [-0.2, 0) is 6.54 Å².